The van der Waals surface area contributed by atoms with Crippen LogP contribution in [0.1, 0.15) is 107 Å². The normalized spacial score (nSPS) is 17.5. The SMILES string of the molecule is CC.CC.CCCCC(CC)N(CCC)C1=C(CC)C(C)CC=C1. The van der Waals surface area contributed by atoms with Gasteiger partial charge in [0.05, 0.1) is 0 Å². The molecule has 0 N–H and O–H groups in total. The molecule has 1 heteroatoms. The van der Waals surface area contributed by atoms with Gasteiger partial charge in [-0.05, 0) is 49.7 Å². The largest absolute Gasteiger partial charge is 0.369 e. The molecule has 24 heavy (non-hydrogen) atoms. The fourth-order valence-corrected chi connectivity index (χ4v) is 3.46. The number of rotatable bonds is 9. The van der Waals surface area contributed by atoms with E-state index in [2.05, 4.69) is 51.7 Å². The smallest absolute Gasteiger partial charge is 0.0360 e. The predicted octanol–water partition coefficient (Wildman–Crippen LogP) is 7.98. The summed E-state index contributed by atoms with van der Waals surface area (Å²) in [5, 5.41) is 0. The Morgan fingerprint density at radius 3 is 2.12 bits per heavy atom. The van der Waals surface area contributed by atoms with Gasteiger partial charge in [-0.25, -0.2) is 0 Å². The number of allylic oxidation sites excluding steroid dienone is 3. The van der Waals surface area contributed by atoms with Crippen LogP contribution < -0.4 is 0 Å². The molecule has 1 aliphatic carbocycles. The van der Waals surface area contributed by atoms with Gasteiger partial charge in [-0.2, -0.15) is 0 Å². The Kier molecular flexibility index (Phi) is 18.2. The number of hydrogen-bond acceptors (Lipinski definition) is 1. The monoisotopic (exact) mass is 337 g/mol. The molecule has 0 fully saturated rings. The molecule has 0 aliphatic heterocycles. The zero-order chi connectivity index (χ0) is 19.0. The fourth-order valence-electron chi connectivity index (χ4n) is 3.46. The molecule has 0 aromatic carbocycles. The van der Waals surface area contributed by atoms with Crippen molar-refractivity contribution in [3.05, 3.63) is 23.4 Å². The zero-order valence-electron chi connectivity index (χ0n) is 18.4. The van der Waals surface area contributed by atoms with Crippen LogP contribution in [0.3, 0.4) is 0 Å². The van der Waals surface area contributed by atoms with E-state index in [4.69, 9.17) is 0 Å². The first-order valence-electron chi connectivity index (χ1n) is 10.9. The van der Waals surface area contributed by atoms with Gasteiger partial charge < -0.3 is 4.90 Å². The Morgan fingerprint density at radius 2 is 1.67 bits per heavy atom. The molecule has 1 rings (SSSR count). The van der Waals surface area contributed by atoms with E-state index in [1.54, 1.807) is 11.3 Å². The van der Waals surface area contributed by atoms with Crippen molar-refractivity contribution in [2.24, 2.45) is 5.92 Å². The van der Waals surface area contributed by atoms with E-state index in [-0.39, 0.29) is 0 Å². The van der Waals surface area contributed by atoms with Gasteiger partial charge >= 0.3 is 0 Å². The second-order valence-electron chi connectivity index (χ2n) is 6.20. The summed E-state index contributed by atoms with van der Waals surface area (Å²) in [6, 6.07) is 0.724. The van der Waals surface area contributed by atoms with Crippen LogP contribution in [0.4, 0.5) is 0 Å². The minimum Gasteiger partial charge on any atom is -0.369 e. The second kappa shape index (κ2) is 17.1. The first kappa shape index (κ1) is 25.5. The average molecular weight is 338 g/mol. The van der Waals surface area contributed by atoms with Gasteiger partial charge in [-0.3, -0.25) is 0 Å². The van der Waals surface area contributed by atoms with Crippen molar-refractivity contribution in [2.45, 2.75) is 113 Å². The lowest BCUT2D eigenvalue weighted by Gasteiger charge is -2.38. The van der Waals surface area contributed by atoms with Crippen molar-refractivity contribution in [3.8, 4) is 0 Å². The molecular weight excluding hydrogens is 290 g/mol. The summed E-state index contributed by atoms with van der Waals surface area (Å²) >= 11 is 0. The maximum atomic E-state index is 2.72. The topological polar surface area (TPSA) is 3.24 Å². The zero-order valence-corrected chi connectivity index (χ0v) is 18.4. The third-order valence-corrected chi connectivity index (χ3v) is 4.65. The molecule has 1 aliphatic rings. The Balaban J connectivity index is 0. The number of nitrogens with zero attached hydrogens (tertiary/aromatic N) is 1. The predicted molar refractivity (Wildman–Crippen MR) is 114 cm³/mol. The highest BCUT2D eigenvalue weighted by atomic mass is 15.2. The fraction of sp³-hybridized carbons (Fsp3) is 0.826. The van der Waals surface area contributed by atoms with Crippen LogP contribution >= 0.6 is 0 Å². The number of hydrogen-bond donors (Lipinski definition) is 0. The van der Waals surface area contributed by atoms with E-state index in [1.165, 1.54) is 51.5 Å². The molecule has 144 valence electrons. The second-order valence-corrected chi connectivity index (χ2v) is 6.20. The van der Waals surface area contributed by atoms with Crippen molar-refractivity contribution in [1.82, 2.24) is 4.90 Å². The average Bonchev–Trinajstić information content (AvgIpc) is 2.64. The van der Waals surface area contributed by atoms with Gasteiger partial charge in [0.25, 0.3) is 0 Å². The molecule has 0 spiro atoms. The maximum absolute atomic E-state index is 2.72. The lowest BCUT2D eigenvalue weighted by Crippen LogP contribution is -2.36. The highest BCUT2D eigenvalue weighted by Gasteiger charge is 2.23. The lowest BCUT2D eigenvalue weighted by atomic mass is 9.88. The van der Waals surface area contributed by atoms with E-state index in [1.807, 2.05) is 27.7 Å². The minimum absolute atomic E-state index is 0.724. The third kappa shape index (κ3) is 8.40. The van der Waals surface area contributed by atoms with Gasteiger partial charge in [-0.1, -0.05) is 81.2 Å². The molecule has 0 saturated carbocycles. The molecule has 2 atom stereocenters. The Hall–Kier alpha value is -0.720. The van der Waals surface area contributed by atoms with Gasteiger partial charge in [0.15, 0.2) is 0 Å². The number of unbranched alkanes of at least 4 members (excludes halogenated alkanes) is 1. The van der Waals surface area contributed by atoms with Crippen LogP contribution in [0, 0.1) is 5.92 Å². The molecule has 0 heterocycles. The molecular formula is C23H47N. The molecule has 2 unspecified atom stereocenters. The van der Waals surface area contributed by atoms with E-state index < -0.39 is 0 Å². The first-order chi connectivity index (χ1) is 11.7. The van der Waals surface area contributed by atoms with Crippen molar-refractivity contribution < 1.29 is 0 Å². The third-order valence-electron chi connectivity index (χ3n) is 4.65. The maximum Gasteiger partial charge on any atom is 0.0360 e. The highest BCUT2D eigenvalue weighted by molar-refractivity contribution is 5.31. The van der Waals surface area contributed by atoms with Gasteiger partial charge in [0, 0.05) is 18.3 Å². The standard InChI is InChI=1S/C19H35N.2C2H6/c1-6-10-13-17(8-3)20(15-7-2)19-14-11-12-16(5)18(19)9-4;2*1-2/h11,14,16-17H,6-10,12-13,15H2,1-5H3;2*1-2H3. The molecule has 0 aromatic rings. The highest BCUT2D eigenvalue weighted by Crippen LogP contribution is 2.32. The van der Waals surface area contributed by atoms with Crippen molar-refractivity contribution in [1.29, 1.82) is 0 Å². The van der Waals surface area contributed by atoms with Crippen LogP contribution in [0.25, 0.3) is 0 Å². The summed E-state index contributed by atoms with van der Waals surface area (Å²) in [5.41, 5.74) is 3.23. The van der Waals surface area contributed by atoms with Crippen molar-refractivity contribution >= 4 is 0 Å². The molecule has 1 nitrogen and oxygen atoms in total. The minimum atomic E-state index is 0.724. The summed E-state index contributed by atoms with van der Waals surface area (Å²) in [5.74, 6) is 0.725. The Morgan fingerprint density at radius 1 is 1.04 bits per heavy atom. The summed E-state index contributed by atoms with van der Waals surface area (Å²) in [6.07, 6.45) is 13.7. The Bertz CT molecular complexity index is 327. The van der Waals surface area contributed by atoms with Gasteiger partial charge in [-0.15, -0.1) is 0 Å². The Labute approximate surface area is 154 Å². The van der Waals surface area contributed by atoms with Crippen LogP contribution in [0.15, 0.2) is 23.4 Å². The van der Waals surface area contributed by atoms with Crippen LogP contribution in [0.2, 0.25) is 0 Å². The lowest BCUT2D eigenvalue weighted by molar-refractivity contribution is 0.230. The summed E-state index contributed by atoms with van der Waals surface area (Å²) in [6.45, 7) is 20.9. The first-order valence-corrected chi connectivity index (χ1v) is 10.9. The van der Waals surface area contributed by atoms with Gasteiger partial charge in [0.1, 0.15) is 0 Å². The summed E-state index contributed by atoms with van der Waals surface area (Å²) < 4.78 is 0. The van der Waals surface area contributed by atoms with Crippen LogP contribution in [-0.2, 0) is 0 Å². The molecule has 0 radical (unpaired) electrons. The molecule has 0 saturated heterocycles. The summed E-state index contributed by atoms with van der Waals surface area (Å²) in [4.78, 5) is 2.72. The van der Waals surface area contributed by atoms with Crippen LogP contribution in [0.5, 0.6) is 0 Å². The van der Waals surface area contributed by atoms with E-state index >= 15 is 0 Å². The van der Waals surface area contributed by atoms with E-state index in [0.717, 1.165) is 12.0 Å². The molecule has 0 aromatic heterocycles. The van der Waals surface area contributed by atoms with Crippen LogP contribution in [-0.4, -0.2) is 17.5 Å². The van der Waals surface area contributed by atoms with E-state index in [0.29, 0.717) is 0 Å². The van der Waals surface area contributed by atoms with Gasteiger partial charge in [0.2, 0.25) is 0 Å². The molecule has 0 amide bonds. The summed E-state index contributed by atoms with van der Waals surface area (Å²) in [7, 11) is 0. The van der Waals surface area contributed by atoms with Crippen molar-refractivity contribution in [2.75, 3.05) is 6.54 Å². The van der Waals surface area contributed by atoms with Crippen molar-refractivity contribution in [3.63, 3.8) is 0 Å². The quantitative estimate of drug-likeness (QED) is 0.412. The van der Waals surface area contributed by atoms with E-state index in [9.17, 15) is 0 Å². The molecule has 0 bridgehead atoms.